The van der Waals surface area contributed by atoms with Crippen LogP contribution in [0.25, 0.3) is 0 Å². The molecule has 0 spiro atoms. The maximum atomic E-state index is 2.34. The van der Waals surface area contributed by atoms with E-state index in [-0.39, 0.29) is 0 Å². The molecule has 0 saturated heterocycles. The molecule has 0 unspecified atom stereocenters. The molecule has 0 atom stereocenters. The largest absolute Gasteiger partial charge is 0.0683 e. The van der Waals surface area contributed by atoms with Gasteiger partial charge in [0.05, 0.1) is 0 Å². The van der Waals surface area contributed by atoms with E-state index in [1.807, 2.05) is 13.8 Å². The Morgan fingerprint density at radius 1 is 0.650 bits per heavy atom. The van der Waals surface area contributed by atoms with Crippen LogP contribution in [0, 0.1) is 17.8 Å². The molecular weight excluding hydrogens is 240 g/mol. The van der Waals surface area contributed by atoms with E-state index in [9.17, 15) is 0 Å². The van der Waals surface area contributed by atoms with Gasteiger partial charge in [0.2, 0.25) is 0 Å². The quantitative estimate of drug-likeness (QED) is 0.463. The molecule has 2 rings (SSSR count). The van der Waals surface area contributed by atoms with Gasteiger partial charge in [-0.3, -0.25) is 0 Å². The summed E-state index contributed by atoms with van der Waals surface area (Å²) in [6.07, 6.45) is 14.4. The predicted molar refractivity (Wildman–Crippen MR) is 96.4 cm³/mol. The average molecular weight is 285 g/mol. The van der Waals surface area contributed by atoms with Gasteiger partial charge in [-0.2, -0.15) is 0 Å². The van der Waals surface area contributed by atoms with Gasteiger partial charge in [0.1, 0.15) is 0 Å². The van der Waals surface area contributed by atoms with E-state index in [1.165, 1.54) is 64.2 Å². The zero-order valence-corrected chi connectivity index (χ0v) is 15.8. The Kier molecular flexibility index (Phi) is 19.0. The molecular formula is C20H44. The molecule has 0 aliphatic heterocycles. The number of hydrogen-bond donors (Lipinski definition) is 0. The average Bonchev–Trinajstić information content (AvgIpc) is 2.90. The molecule has 2 aliphatic rings. The normalized spacial score (nSPS) is 24.1. The van der Waals surface area contributed by atoms with E-state index < -0.39 is 0 Å². The van der Waals surface area contributed by atoms with Crippen molar-refractivity contribution < 1.29 is 0 Å². The van der Waals surface area contributed by atoms with Crippen molar-refractivity contribution in [1.29, 1.82) is 0 Å². The molecule has 0 nitrogen and oxygen atoms in total. The maximum absolute atomic E-state index is 2.34. The van der Waals surface area contributed by atoms with Crippen LogP contribution in [-0.2, 0) is 0 Å². The van der Waals surface area contributed by atoms with Gasteiger partial charge in [-0.05, 0) is 30.6 Å². The number of unbranched alkanes of at least 4 members (excludes halogenated alkanes) is 3. The first kappa shape index (κ1) is 22.3. The molecule has 0 N–H and O–H groups in total. The van der Waals surface area contributed by atoms with Gasteiger partial charge in [-0.15, -0.1) is 0 Å². The van der Waals surface area contributed by atoms with Gasteiger partial charge in [0, 0.05) is 0 Å². The van der Waals surface area contributed by atoms with Crippen molar-refractivity contribution in [2.45, 2.75) is 113 Å². The van der Waals surface area contributed by atoms with Crippen molar-refractivity contribution in [2.75, 3.05) is 0 Å². The summed E-state index contributed by atoms with van der Waals surface area (Å²) in [6, 6.07) is 0. The van der Waals surface area contributed by atoms with E-state index in [4.69, 9.17) is 0 Å². The topological polar surface area (TPSA) is 0 Å². The van der Waals surface area contributed by atoms with Gasteiger partial charge in [-0.1, -0.05) is 99.8 Å². The van der Waals surface area contributed by atoms with Gasteiger partial charge >= 0.3 is 0 Å². The summed E-state index contributed by atoms with van der Waals surface area (Å²) in [5.41, 5.74) is 0. The number of hydrogen-bond acceptors (Lipinski definition) is 0. The van der Waals surface area contributed by atoms with E-state index in [1.54, 1.807) is 0 Å². The zero-order chi connectivity index (χ0) is 15.8. The minimum absolute atomic E-state index is 1.04. The van der Waals surface area contributed by atoms with Crippen LogP contribution in [0.2, 0.25) is 0 Å². The Morgan fingerprint density at radius 3 is 1.10 bits per heavy atom. The van der Waals surface area contributed by atoms with Crippen LogP contribution in [0.1, 0.15) is 113 Å². The molecule has 0 heterocycles. The van der Waals surface area contributed by atoms with Crippen molar-refractivity contribution in [3.8, 4) is 0 Å². The highest BCUT2D eigenvalue weighted by Crippen LogP contribution is 2.31. The molecule has 20 heavy (non-hydrogen) atoms. The lowest BCUT2D eigenvalue weighted by Crippen LogP contribution is -2.16. The molecule has 2 fully saturated rings. The summed E-state index contributed by atoms with van der Waals surface area (Å²) in [5, 5.41) is 0. The van der Waals surface area contributed by atoms with E-state index in [0.717, 1.165) is 17.8 Å². The monoisotopic (exact) mass is 284 g/mol. The van der Waals surface area contributed by atoms with Gasteiger partial charge in [0.15, 0.2) is 0 Å². The van der Waals surface area contributed by atoms with E-state index in [0.29, 0.717) is 0 Å². The Balaban J connectivity index is 0. The Morgan fingerprint density at radius 2 is 1.00 bits per heavy atom. The molecule has 0 heteroatoms. The van der Waals surface area contributed by atoms with Crippen LogP contribution >= 0.6 is 0 Å². The highest BCUT2D eigenvalue weighted by atomic mass is 14.2. The molecule has 124 valence electrons. The summed E-state index contributed by atoms with van der Waals surface area (Å²) in [4.78, 5) is 0. The minimum atomic E-state index is 1.04. The van der Waals surface area contributed by atoms with Crippen LogP contribution in [0.3, 0.4) is 0 Å². The second-order valence-electron chi connectivity index (χ2n) is 6.78. The number of rotatable bonds is 3. The van der Waals surface area contributed by atoms with Crippen LogP contribution in [0.5, 0.6) is 0 Å². The second kappa shape index (κ2) is 17.1. The Hall–Kier alpha value is 0. The third-order valence-corrected chi connectivity index (χ3v) is 4.21. The molecule has 0 amide bonds. The summed E-state index contributed by atoms with van der Waals surface area (Å²) in [5.74, 6) is 3.13. The van der Waals surface area contributed by atoms with Crippen LogP contribution in [0.4, 0.5) is 0 Å². The van der Waals surface area contributed by atoms with Crippen molar-refractivity contribution in [1.82, 2.24) is 0 Å². The zero-order valence-electron chi connectivity index (χ0n) is 15.8. The van der Waals surface area contributed by atoms with Crippen molar-refractivity contribution in [3.05, 3.63) is 0 Å². The van der Waals surface area contributed by atoms with E-state index >= 15 is 0 Å². The molecule has 2 aliphatic carbocycles. The minimum Gasteiger partial charge on any atom is -0.0683 e. The predicted octanol–water partition coefficient (Wildman–Crippen LogP) is 7.86. The third kappa shape index (κ3) is 16.1. The lowest BCUT2D eigenvalue weighted by atomic mass is 9.78. The fourth-order valence-corrected chi connectivity index (χ4v) is 2.93. The first-order valence-corrected chi connectivity index (χ1v) is 9.60. The SMILES string of the molecule is CC.CC1CC(C)C1.CC1CCCC1.CCCCCC. The Labute approximate surface area is 131 Å². The van der Waals surface area contributed by atoms with Crippen molar-refractivity contribution in [3.63, 3.8) is 0 Å². The first-order chi connectivity index (χ1) is 9.60. The van der Waals surface area contributed by atoms with Gasteiger partial charge in [-0.25, -0.2) is 0 Å². The second-order valence-corrected chi connectivity index (χ2v) is 6.78. The van der Waals surface area contributed by atoms with E-state index in [2.05, 4.69) is 34.6 Å². The Bertz CT molecular complexity index is 139. The standard InChI is InChI=1S/2C6H12.C6H14.C2H6/c1-5-3-6(2)4-5;1-6-4-2-3-5-6;1-3-5-6-4-2;1-2/h5-6H,3-4H2,1-2H3;6H,2-5H2,1H3;3-6H2,1-2H3;1-2H3. The summed E-state index contributed by atoms with van der Waals surface area (Å²) in [7, 11) is 0. The highest BCUT2D eigenvalue weighted by molar-refractivity contribution is 4.71. The lowest BCUT2D eigenvalue weighted by Gasteiger charge is -2.28. The highest BCUT2D eigenvalue weighted by Gasteiger charge is 2.19. The smallest absolute Gasteiger partial charge is 0.0438 e. The molecule has 0 radical (unpaired) electrons. The molecule has 0 bridgehead atoms. The lowest BCUT2D eigenvalue weighted by molar-refractivity contribution is 0.233. The molecule has 0 aromatic heterocycles. The molecule has 0 aromatic rings. The van der Waals surface area contributed by atoms with Crippen LogP contribution in [-0.4, -0.2) is 0 Å². The third-order valence-electron chi connectivity index (χ3n) is 4.21. The first-order valence-electron chi connectivity index (χ1n) is 9.60. The van der Waals surface area contributed by atoms with Crippen molar-refractivity contribution >= 4 is 0 Å². The summed E-state index contributed by atoms with van der Waals surface area (Å²) >= 11 is 0. The van der Waals surface area contributed by atoms with Crippen LogP contribution in [0.15, 0.2) is 0 Å². The van der Waals surface area contributed by atoms with Gasteiger partial charge in [0.25, 0.3) is 0 Å². The summed E-state index contributed by atoms with van der Waals surface area (Å²) < 4.78 is 0. The molecule has 0 aromatic carbocycles. The maximum Gasteiger partial charge on any atom is -0.0438 e. The fraction of sp³-hybridized carbons (Fsp3) is 1.00. The fourth-order valence-electron chi connectivity index (χ4n) is 2.93. The van der Waals surface area contributed by atoms with Crippen LogP contribution < -0.4 is 0 Å². The summed E-state index contributed by atoms with van der Waals surface area (Å²) in [6.45, 7) is 15.4. The van der Waals surface area contributed by atoms with Gasteiger partial charge < -0.3 is 0 Å². The van der Waals surface area contributed by atoms with Crippen molar-refractivity contribution in [2.24, 2.45) is 17.8 Å². The molecule has 2 saturated carbocycles.